The van der Waals surface area contributed by atoms with Crippen molar-refractivity contribution in [2.24, 2.45) is 0 Å². The summed E-state index contributed by atoms with van der Waals surface area (Å²) < 4.78 is 1.18. The van der Waals surface area contributed by atoms with Crippen LogP contribution < -0.4 is 5.32 Å². The molecular formula is C12H14INOS. The van der Waals surface area contributed by atoms with Gasteiger partial charge >= 0.3 is 0 Å². The van der Waals surface area contributed by atoms with Crippen molar-refractivity contribution in [1.29, 1.82) is 0 Å². The number of benzene rings is 1. The van der Waals surface area contributed by atoms with Crippen LogP contribution in [0.5, 0.6) is 0 Å². The maximum atomic E-state index is 11.9. The van der Waals surface area contributed by atoms with Crippen LogP contribution in [-0.4, -0.2) is 16.9 Å². The Labute approximate surface area is 114 Å². The molecule has 0 saturated carbocycles. The second-order valence-corrected chi connectivity index (χ2v) is 6.41. The van der Waals surface area contributed by atoms with Gasteiger partial charge in [0.05, 0.1) is 5.25 Å². The number of hydrogen-bond acceptors (Lipinski definition) is 2. The lowest BCUT2D eigenvalue weighted by atomic mass is 10.2. The van der Waals surface area contributed by atoms with E-state index in [0.29, 0.717) is 0 Å². The van der Waals surface area contributed by atoms with E-state index in [2.05, 4.69) is 27.9 Å². The zero-order chi connectivity index (χ0) is 11.4. The quantitative estimate of drug-likeness (QED) is 0.830. The summed E-state index contributed by atoms with van der Waals surface area (Å²) >= 11 is 4.04. The van der Waals surface area contributed by atoms with Gasteiger partial charge in [-0.3, -0.25) is 4.79 Å². The van der Waals surface area contributed by atoms with Crippen LogP contribution in [0.1, 0.15) is 19.3 Å². The van der Waals surface area contributed by atoms with E-state index < -0.39 is 0 Å². The smallest absolute Gasteiger partial charge is 0.237 e. The Morgan fingerprint density at radius 3 is 2.69 bits per heavy atom. The third-order valence-electron chi connectivity index (χ3n) is 2.58. The highest BCUT2D eigenvalue weighted by atomic mass is 127. The minimum atomic E-state index is 0.146. The van der Waals surface area contributed by atoms with Gasteiger partial charge in [-0.15, -0.1) is 11.8 Å². The summed E-state index contributed by atoms with van der Waals surface area (Å²) in [5.74, 6) is 1.27. The normalized spacial score (nSPS) is 20.4. The lowest BCUT2D eigenvalue weighted by Gasteiger charge is -2.20. The van der Waals surface area contributed by atoms with Crippen molar-refractivity contribution >= 4 is 45.9 Å². The maximum absolute atomic E-state index is 11.9. The molecule has 16 heavy (non-hydrogen) atoms. The summed E-state index contributed by atoms with van der Waals surface area (Å²) in [7, 11) is 0. The number of thioether (sulfide) groups is 1. The Kier molecular flexibility index (Phi) is 4.52. The van der Waals surface area contributed by atoms with E-state index >= 15 is 0 Å². The van der Waals surface area contributed by atoms with Gasteiger partial charge in [-0.25, -0.2) is 0 Å². The fourth-order valence-corrected chi connectivity index (χ4v) is 3.26. The number of carbonyl (C=O) groups excluding carboxylic acids is 1. The molecular weight excluding hydrogens is 333 g/mol. The van der Waals surface area contributed by atoms with E-state index in [1.165, 1.54) is 16.4 Å². The van der Waals surface area contributed by atoms with Crippen LogP contribution in [0, 0.1) is 3.57 Å². The number of anilines is 1. The van der Waals surface area contributed by atoms with E-state index in [1.54, 1.807) is 11.8 Å². The first-order chi connectivity index (χ1) is 7.75. The van der Waals surface area contributed by atoms with Crippen molar-refractivity contribution in [1.82, 2.24) is 0 Å². The zero-order valence-electron chi connectivity index (χ0n) is 8.91. The molecule has 86 valence electrons. The summed E-state index contributed by atoms with van der Waals surface area (Å²) in [6.45, 7) is 0. The minimum absolute atomic E-state index is 0.146. The van der Waals surface area contributed by atoms with Crippen molar-refractivity contribution in [2.75, 3.05) is 11.1 Å². The summed E-state index contributed by atoms with van der Waals surface area (Å²) in [6, 6.07) is 7.91. The third kappa shape index (κ3) is 3.38. The Balaban J connectivity index is 1.93. The highest BCUT2D eigenvalue weighted by Gasteiger charge is 2.21. The number of halogens is 1. The zero-order valence-corrected chi connectivity index (χ0v) is 11.9. The average molecular weight is 347 g/mol. The maximum Gasteiger partial charge on any atom is 0.237 e. The highest BCUT2D eigenvalue weighted by molar-refractivity contribution is 14.1. The van der Waals surface area contributed by atoms with Crippen molar-refractivity contribution in [3.05, 3.63) is 27.8 Å². The summed E-state index contributed by atoms with van der Waals surface area (Å²) in [5, 5.41) is 3.12. The molecule has 1 aliphatic heterocycles. The van der Waals surface area contributed by atoms with Crippen molar-refractivity contribution in [2.45, 2.75) is 24.5 Å². The molecule has 1 aromatic carbocycles. The van der Waals surface area contributed by atoms with Gasteiger partial charge in [-0.05, 0) is 65.5 Å². The molecule has 0 spiro atoms. The first kappa shape index (κ1) is 12.2. The summed E-state index contributed by atoms with van der Waals surface area (Å²) in [4.78, 5) is 11.9. The number of amides is 1. The predicted octanol–water partition coefficient (Wildman–Crippen LogP) is 3.52. The number of rotatable bonds is 2. The van der Waals surface area contributed by atoms with Crippen LogP contribution in [0.2, 0.25) is 0 Å². The lowest BCUT2D eigenvalue weighted by molar-refractivity contribution is -0.115. The van der Waals surface area contributed by atoms with Gasteiger partial charge in [0.1, 0.15) is 0 Å². The molecule has 1 aromatic rings. The van der Waals surface area contributed by atoms with Crippen molar-refractivity contribution in [3.63, 3.8) is 0 Å². The van der Waals surface area contributed by atoms with Gasteiger partial charge in [-0.1, -0.05) is 6.42 Å². The summed E-state index contributed by atoms with van der Waals surface area (Å²) in [6.07, 6.45) is 3.44. The van der Waals surface area contributed by atoms with Gasteiger partial charge in [0.2, 0.25) is 5.91 Å². The van der Waals surface area contributed by atoms with Gasteiger partial charge < -0.3 is 5.32 Å². The lowest BCUT2D eigenvalue weighted by Crippen LogP contribution is -2.27. The van der Waals surface area contributed by atoms with Crippen LogP contribution >= 0.6 is 34.4 Å². The van der Waals surface area contributed by atoms with Gasteiger partial charge in [0.15, 0.2) is 0 Å². The second kappa shape index (κ2) is 5.91. The SMILES string of the molecule is O=C(Nc1ccc(I)cc1)C1CCCCS1. The Bertz CT molecular complexity index is 360. The fourth-order valence-electron chi connectivity index (χ4n) is 1.70. The molecule has 1 fully saturated rings. The molecule has 1 N–H and O–H groups in total. The number of nitrogens with one attached hydrogen (secondary N) is 1. The van der Waals surface area contributed by atoms with Crippen LogP contribution in [0.4, 0.5) is 5.69 Å². The minimum Gasteiger partial charge on any atom is -0.325 e. The molecule has 1 unspecified atom stereocenters. The van der Waals surface area contributed by atoms with Crippen LogP contribution in [0.3, 0.4) is 0 Å². The van der Waals surface area contributed by atoms with Crippen molar-refractivity contribution in [3.8, 4) is 0 Å². The van der Waals surface area contributed by atoms with Crippen LogP contribution in [-0.2, 0) is 4.79 Å². The van der Waals surface area contributed by atoms with E-state index in [4.69, 9.17) is 0 Å². The molecule has 1 aliphatic rings. The molecule has 1 amide bonds. The Morgan fingerprint density at radius 2 is 2.06 bits per heavy atom. The van der Waals surface area contributed by atoms with E-state index in [1.807, 2.05) is 24.3 Å². The molecule has 0 bridgehead atoms. The van der Waals surface area contributed by atoms with Gasteiger partial charge in [0.25, 0.3) is 0 Å². The Morgan fingerprint density at radius 1 is 1.31 bits per heavy atom. The fraction of sp³-hybridized carbons (Fsp3) is 0.417. The molecule has 4 heteroatoms. The van der Waals surface area contributed by atoms with E-state index in [0.717, 1.165) is 17.9 Å². The molecule has 1 saturated heterocycles. The van der Waals surface area contributed by atoms with Gasteiger partial charge in [0, 0.05) is 9.26 Å². The van der Waals surface area contributed by atoms with E-state index in [9.17, 15) is 4.79 Å². The third-order valence-corrected chi connectivity index (χ3v) is 4.68. The molecule has 2 rings (SSSR count). The first-order valence-electron chi connectivity index (χ1n) is 5.44. The first-order valence-corrected chi connectivity index (χ1v) is 7.56. The Hall–Kier alpha value is -0.230. The molecule has 1 heterocycles. The predicted molar refractivity (Wildman–Crippen MR) is 77.9 cm³/mol. The van der Waals surface area contributed by atoms with Crippen LogP contribution in [0.25, 0.3) is 0 Å². The second-order valence-electron chi connectivity index (χ2n) is 3.85. The molecule has 0 radical (unpaired) electrons. The largest absolute Gasteiger partial charge is 0.325 e. The molecule has 0 aliphatic carbocycles. The summed E-state index contributed by atoms with van der Waals surface area (Å²) in [5.41, 5.74) is 0.900. The standard InChI is InChI=1S/C12H14INOS/c13-9-4-6-10(7-5-9)14-12(15)11-3-1-2-8-16-11/h4-7,11H,1-3,8H2,(H,14,15). The van der Waals surface area contributed by atoms with E-state index in [-0.39, 0.29) is 11.2 Å². The topological polar surface area (TPSA) is 29.1 Å². The monoisotopic (exact) mass is 347 g/mol. The van der Waals surface area contributed by atoms with Crippen LogP contribution in [0.15, 0.2) is 24.3 Å². The van der Waals surface area contributed by atoms with Gasteiger partial charge in [-0.2, -0.15) is 0 Å². The molecule has 1 atom stereocenters. The molecule has 2 nitrogen and oxygen atoms in total. The average Bonchev–Trinajstić information content (AvgIpc) is 2.33. The van der Waals surface area contributed by atoms with Crippen molar-refractivity contribution < 1.29 is 4.79 Å². The number of carbonyl (C=O) groups is 1. The highest BCUT2D eigenvalue weighted by Crippen LogP contribution is 2.26. The number of hydrogen-bond donors (Lipinski definition) is 1. The molecule has 0 aromatic heterocycles.